The van der Waals surface area contributed by atoms with E-state index < -0.39 is 11.9 Å². The highest BCUT2D eigenvalue weighted by Crippen LogP contribution is 2.07. The van der Waals surface area contributed by atoms with Crippen LogP contribution in [0.2, 0.25) is 0 Å². The molecule has 1 unspecified atom stereocenters. The SMILES string of the molecule is CCCNC(=O)CC(C(N)=O)N1CCCNCC1. The molecule has 6 heteroatoms. The van der Waals surface area contributed by atoms with Crippen molar-refractivity contribution in [3.63, 3.8) is 0 Å². The highest BCUT2D eigenvalue weighted by molar-refractivity contribution is 5.87. The van der Waals surface area contributed by atoms with E-state index in [9.17, 15) is 9.59 Å². The van der Waals surface area contributed by atoms with Crippen LogP contribution in [0.25, 0.3) is 0 Å². The van der Waals surface area contributed by atoms with Gasteiger partial charge in [0.1, 0.15) is 0 Å². The number of hydrogen-bond donors (Lipinski definition) is 3. The maximum atomic E-state index is 11.7. The van der Waals surface area contributed by atoms with E-state index in [0.717, 1.165) is 39.0 Å². The van der Waals surface area contributed by atoms with E-state index in [4.69, 9.17) is 5.73 Å². The molecule has 0 aliphatic carbocycles. The normalized spacial score (nSPS) is 18.9. The van der Waals surface area contributed by atoms with Crippen molar-refractivity contribution in [3.05, 3.63) is 0 Å². The van der Waals surface area contributed by atoms with E-state index in [-0.39, 0.29) is 12.3 Å². The molecule has 1 saturated heterocycles. The van der Waals surface area contributed by atoms with Gasteiger partial charge in [-0.2, -0.15) is 0 Å². The van der Waals surface area contributed by atoms with Crippen LogP contribution in [0.15, 0.2) is 0 Å². The number of hydrogen-bond acceptors (Lipinski definition) is 4. The molecular formula is C12H24N4O2. The Hall–Kier alpha value is -1.14. The maximum absolute atomic E-state index is 11.7. The Balaban J connectivity index is 2.52. The average Bonchev–Trinajstić information content (AvgIpc) is 2.61. The number of amides is 2. The second-order valence-electron chi connectivity index (χ2n) is 4.61. The molecule has 0 spiro atoms. The Morgan fingerprint density at radius 3 is 2.83 bits per heavy atom. The van der Waals surface area contributed by atoms with Gasteiger partial charge in [-0.3, -0.25) is 14.5 Å². The molecule has 0 aromatic rings. The number of carbonyl (C=O) groups excluding carboxylic acids is 2. The Labute approximate surface area is 108 Å². The summed E-state index contributed by atoms with van der Waals surface area (Å²) in [5.74, 6) is -0.513. The van der Waals surface area contributed by atoms with Crippen molar-refractivity contribution >= 4 is 11.8 Å². The lowest BCUT2D eigenvalue weighted by molar-refractivity contribution is -0.129. The highest BCUT2D eigenvalue weighted by atomic mass is 16.2. The zero-order chi connectivity index (χ0) is 13.4. The van der Waals surface area contributed by atoms with E-state index >= 15 is 0 Å². The predicted molar refractivity (Wildman–Crippen MR) is 70.0 cm³/mol. The average molecular weight is 256 g/mol. The first-order valence-electron chi connectivity index (χ1n) is 6.66. The van der Waals surface area contributed by atoms with Crippen LogP contribution in [-0.2, 0) is 9.59 Å². The fourth-order valence-electron chi connectivity index (χ4n) is 2.10. The molecule has 104 valence electrons. The summed E-state index contributed by atoms with van der Waals surface area (Å²) in [6, 6.07) is -0.484. The van der Waals surface area contributed by atoms with E-state index in [0.29, 0.717) is 6.54 Å². The van der Waals surface area contributed by atoms with Crippen molar-refractivity contribution in [1.29, 1.82) is 0 Å². The van der Waals surface area contributed by atoms with Crippen molar-refractivity contribution in [2.45, 2.75) is 32.2 Å². The second kappa shape index (κ2) is 8.05. The predicted octanol–water partition coefficient (Wildman–Crippen LogP) is -0.948. The standard InChI is InChI=1S/C12H24N4O2/c1-2-4-15-11(17)9-10(12(13)18)16-7-3-5-14-6-8-16/h10,14H,2-9H2,1H3,(H2,13,18)(H,15,17). The van der Waals surface area contributed by atoms with E-state index in [1.165, 1.54) is 0 Å². The Morgan fingerprint density at radius 2 is 2.17 bits per heavy atom. The number of nitrogens with one attached hydrogen (secondary N) is 2. The summed E-state index contributed by atoms with van der Waals surface area (Å²) in [6.45, 7) is 5.99. The fraction of sp³-hybridized carbons (Fsp3) is 0.833. The zero-order valence-electron chi connectivity index (χ0n) is 11.1. The molecule has 0 aromatic heterocycles. The van der Waals surface area contributed by atoms with Gasteiger partial charge >= 0.3 is 0 Å². The van der Waals surface area contributed by atoms with Gasteiger partial charge < -0.3 is 16.4 Å². The number of nitrogens with two attached hydrogens (primary N) is 1. The Bertz CT molecular complexity index is 275. The third-order valence-electron chi connectivity index (χ3n) is 3.09. The number of rotatable bonds is 6. The van der Waals surface area contributed by atoms with Gasteiger partial charge in [-0.1, -0.05) is 6.92 Å². The molecule has 1 atom stereocenters. The molecule has 1 aliphatic heterocycles. The molecule has 6 nitrogen and oxygen atoms in total. The lowest BCUT2D eigenvalue weighted by Gasteiger charge is -2.27. The minimum absolute atomic E-state index is 0.0992. The number of primary amides is 1. The molecule has 0 aromatic carbocycles. The third kappa shape index (κ3) is 5.01. The van der Waals surface area contributed by atoms with Gasteiger partial charge in [0.05, 0.1) is 12.5 Å². The van der Waals surface area contributed by atoms with Crippen LogP contribution in [0.3, 0.4) is 0 Å². The lowest BCUT2D eigenvalue weighted by Crippen LogP contribution is -2.48. The summed E-state index contributed by atoms with van der Waals surface area (Å²) in [5.41, 5.74) is 5.41. The summed E-state index contributed by atoms with van der Waals surface area (Å²) in [7, 11) is 0. The third-order valence-corrected chi connectivity index (χ3v) is 3.09. The Kier molecular flexibility index (Phi) is 6.67. The molecule has 1 aliphatic rings. The van der Waals surface area contributed by atoms with Crippen molar-refractivity contribution in [1.82, 2.24) is 15.5 Å². The fourth-order valence-corrected chi connectivity index (χ4v) is 2.10. The first-order valence-corrected chi connectivity index (χ1v) is 6.66. The van der Waals surface area contributed by atoms with E-state index in [1.807, 2.05) is 11.8 Å². The summed E-state index contributed by atoms with van der Waals surface area (Å²) in [4.78, 5) is 25.2. The molecule has 0 bridgehead atoms. The van der Waals surface area contributed by atoms with Crippen molar-refractivity contribution in [2.75, 3.05) is 32.7 Å². The molecule has 4 N–H and O–H groups in total. The molecule has 0 radical (unpaired) electrons. The largest absolute Gasteiger partial charge is 0.368 e. The quantitative estimate of drug-likeness (QED) is 0.572. The van der Waals surface area contributed by atoms with Crippen LogP contribution in [0.5, 0.6) is 0 Å². The van der Waals surface area contributed by atoms with Crippen molar-refractivity contribution < 1.29 is 9.59 Å². The number of carbonyl (C=O) groups is 2. The number of nitrogens with zero attached hydrogens (tertiary/aromatic N) is 1. The van der Waals surface area contributed by atoms with Crippen LogP contribution >= 0.6 is 0 Å². The van der Waals surface area contributed by atoms with Gasteiger partial charge in [-0.15, -0.1) is 0 Å². The summed E-state index contributed by atoms with van der Waals surface area (Å²) in [5, 5.41) is 6.05. The zero-order valence-corrected chi connectivity index (χ0v) is 11.1. The first kappa shape index (κ1) is 14.9. The summed E-state index contributed by atoms with van der Waals surface area (Å²) < 4.78 is 0. The minimum atomic E-state index is -0.484. The molecule has 1 rings (SSSR count). The van der Waals surface area contributed by atoms with E-state index in [2.05, 4.69) is 10.6 Å². The van der Waals surface area contributed by atoms with Gasteiger partial charge in [0.2, 0.25) is 11.8 Å². The summed E-state index contributed by atoms with van der Waals surface area (Å²) in [6.07, 6.45) is 2.02. The topological polar surface area (TPSA) is 87.5 Å². The van der Waals surface area contributed by atoms with Crippen LogP contribution in [-0.4, -0.2) is 55.5 Å². The molecular weight excluding hydrogens is 232 g/mol. The van der Waals surface area contributed by atoms with Gasteiger partial charge in [0.15, 0.2) is 0 Å². The second-order valence-corrected chi connectivity index (χ2v) is 4.61. The van der Waals surface area contributed by atoms with Crippen molar-refractivity contribution in [2.24, 2.45) is 5.73 Å². The molecule has 1 fully saturated rings. The molecule has 1 heterocycles. The van der Waals surface area contributed by atoms with Crippen LogP contribution in [0, 0.1) is 0 Å². The lowest BCUT2D eigenvalue weighted by atomic mass is 10.1. The Morgan fingerprint density at radius 1 is 1.39 bits per heavy atom. The monoisotopic (exact) mass is 256 g/mol. The van der Waals surface area contributed by atoms with Gasteiger partial charge in [-0.05, 0) is 19.4 Å². The maximum Gasteiger partial charge on any atom is 0.235 e. The molecule has 18 heavy (non-hydrogen) atoms. The highest BCUT2D eigenvalue weighted by Gasteiger charge is 2.26. The van der Waals surface area contributed by atoms with E-state index in [1.54, 1.807) is 0 Å². The van der Waals surface area contributed by atoms with Crippen LogP contribution in [0.4, 0.5) is 0 Å². The van der Waals surface area contributed by atoms with Crippen molar-refractivity contribution in [3.8, 4) is 0 Å². The smallest absolute Gasteiger partial charge is 0.235 e. The van der Waals surface area contributed by atoms with Gasteiger partial charge in [0, 0.05) is 26.2 Å². The van der Waals surface area contributed by atoms with Crippen LogP contribution in [0.1, 0.15) is 26.2 Å². The first-order chi connectivity index (χ1) is 8.65. The van der Waals surface area contributed by atoms with Crippen LogP contribution < -0.4 is 16.4 Å². The van der Waals surface area contributed by atoms with Gasteiger partial charge in [0.25, 0.3) is 0 Å². The molecule has 0 saturated carbocycles. The summed E-state index contributed by atoms with van der Waals surface area (Å²) >= 11 is 0. The molecule has 2 amide bonds. The minimum Gasteiger partial charge on any atom is -0.368 e. The van der Waals surface area contributed by atoms with Gasteiger partial charge in [-0.25, -0.2) is 0 Å².